The van der Waals surface area contributed by atoms with E-state index < -0.39 is 0 Å². The lowest BCUT2D eigenvalue weighted by molar-refractivity contribution is 1.23. The van der Waals surface area contributed by atoms with Gasteiger partial charge >= 0.3 is 0 Å². The van der Waals surface area contributed by atoms with Crippen molar-refractivity contribution in [2.24, 2.45) is 4.99 Å². The Labute approximate surface area is 73.5 Å². The molecule has 0 aromatic rings. The minimum Gasteiger partial charge on any atom is -0.285 e. The molecular formula is C11H13N. The van der Waals surface area contributed by atoms with Crippen molar-refractivity contribution in [1.29, 1.82) is 0 Å². The topological polar surface area (TPSA) is 12.4 Å². The first-order valence-corrected chi connectivity index (χ1v) is 3.95. The molecule has 0 aliphatic carbocycles. The van der Waals surface area contributed by atoms with Crippen molar-refractivity contribution in [2.45, 2.75) is 6.92 Å². The zero-order chi connectivity index (χ0) is 8.97. The number of hydrogen-bond acceptors (Lipinski definition) is 1. The minimum absolute atomic E-state index is 0.775. The number of allylic oxidation sites excluding steroid dienone is 4. The van der Waals surface area contributed by atoms with Crippen molar-refractivity contribution >= 4 is 5.71 Å². The van der Waals surface area contributed by atoms with E-state index in [0.29, 0.717) is 0 Å². The summed E-state index contributed by atoms with van der Waals surface area (Å²) in [5.74, 6) is 0. The summed E-state index contributed by atoms with van der Waals surface area (Å²) in [6.07, 6.45) is 7.56. The fourth-order valence-electron chi connectivity index (χ4n) is 1.24. The van der Waals surface area contributed by atoms with Crippen LogP contribution in [0.5, 0.6) is 0 Å². The summed E-state index contributed by atoms with van der Waals surface area (Å²) in [5.41, 5.74) is 3.50. The second-order valence-electron chi connectivity index (χ2n) is 2.65. The maximum absolute atomic E-state index is 4.32. The molecule has 1 heteroatoms. The van der Waals surface area contributed by atoms with Gasteiger partial charge in [-0.15, -0.1) is 0 Å². The van der Waals surface area contributed by atoms with Crippen molar-refractivity contribution in [3.8, 4) is 0 Å². The molecule has 0 radical (unpaired) electrons. The van der Waals surface area contributed by atoms with Crippen molar-refractivity contribution in [3.63, 3.8) is 0 Å². The average molecular weight is 159 g/mol. The average Bonchev–Trinajstić information content (AvgIpc) is 2.37. The number of hydrogen-bond donors (Lipinski definition) is 0. The maximum Gasteiger partial charge on any atom is 0.0649 e. The van der Waals surface area contributed by atoms with Gasteiger partial charge in [-0.1, -0.05) is 37.5 Å². The van der Waals surface area contributed by atoms with Gasteiger partial charge in [-0.05, 0) is 12.5 Å². The number of rotatable bonds is 2. The van der Waals surface area contributed by atoms with Gasteiger partial charge in [0.15, 0.2) is 0 Å². The molecule has 0 aromatic heterocycles. The molecule has 0 bridgehead atoms. The van der Waals surface area contributed by atoms with Gasteiger partial charge in [0.1, 0.15) is 0 Å². The summed E-state index contributed by atoms with van der Waals surface area (Å²) in [5, 5.41) is 0. The fourth-order valence-corrected chi connectivity index (χ4v) is 1.24. The number of aliphatic imine (C=N–C) groups is 1. The number of nitrogens with zero attached hydrogens (tertiary/aromatic N) is 1. The third-order valence-corrected chi connectivity index (χ3v) is 1.83. The summed E-state index contributed by atoms with van der Waals surface area (Å²) in [6.45, 7) is 10.1. The lowest BCUT2D eigenvalue weighted by Crippen LogP contribution is -1.92. The second-order valence-corrected chi connectivity index (χ2v) is 2.65. The van der Waals surface area contributed by atoms with Gasteiger partial charge in [0, 0.05) is 11.3 Å². The Morgan fingerprint density at radius 3 is 2.50 bits per heavy atom. The Morgan fingerprint density at radius 1 is 1.25 bits per heavy atom. The standard InChI is InChI=1S/C11H13N/c1-4-6-10-8-12-9(3)11(10)7-5-2/h4-7H,1-2,8H2,3H3/b10-6-,11-7-. The molecule has 1 heterocycles. The molecular weight excluding hydrogens is 146 g/mol. The van der Waals surface area contributed by atoms with Crippen LogP contribution in [0.3, 0.4) is 0 Å². The van der Waals surface area contributed by atoms with Crippen molar-refractivity contribution < 1.29 is 0 Å². The minimum atomic E-state index is 0.775. The fraction of sp³-hybridized carbons (Fsp3) is 0.182. The van der Waals surface area contributed by atoms with E-state index in [0.717, 1.165) is 12.3 Å². The Kier molecular flexibility index (Phi) is 2.81. The summed E-state index contributed by atoms with van der Waals surface area (Å²) >= 11 is 0. The summed E-state index contributed by atoms with van der Waals surface area (Å²) in [6, 6.07) is 0. The molecule has 0 fully saturated rings. The second kappa shape index (κ2) is 3.86. The molecule has 1 nitrogen and oxygen atoms in total. The molecule has 1 aliphatic rings. The van der Waals surface area contributed by atoms with Crippen LogP contribution < -0.4 is 0 Å². The molecule has 0 saturated carbocycles. The monoisotopic (exact) mass is 159 g/mol. The van der Waals surface area contributed by atoms with Crippen molar-refractivity contribution in [1.82, 2.24) is 0 Å². The van der Waals surface area contributed by atoms with Gasteiger partial charge < -0.3 is 0 Å². The van der Waals surface area contributed by atoms with Crippen LogP contribution in [0, 0.1) is 0 Å². The molecule has 0 saturated heterocycles. The molecule has 1 rings (SSSR count). The van der Waals surface area contributed by atoms with Crippen LogP contribution in [0.2, 0.25) is 0 Å². The third kappa shape index (κ3) is 1.62. The molecule has 1 aliphatic heterocycles. The van der Waals surface area contributed by atoms with Crippen LogP contribution in [-0.2, 0) is 0 Å². The van der Waals surface area contributed by atoms with E-state index in [1.807, 2.05) is 19.1 Å². The first-order chi connectivity index (χ1) is 5.79. The van der Waals surface area contributed by atoms with E-state index in [-0.39, 0.29) is 0 Å². The van der Waals surface area contributed by atoms with Crippen molar-refractivity contribution in [3.05, 3.63) is 48.6 Å². The van der Waals surface area contributed by atoms with Gasteiger partial charge in [-0.25, -0.2) is 0 Å². The van der Waals surface area contributed by atoms with E-state index in [9.17, 15) is 0 Å². The van der Waals surface area contributed by atoms with Crippen LogP contribution in [0.4, 0.5) is 0 Å². The van der Waals surface area contributed by atoms with Gasteiger partial charge in [0.2, 0.25) is 0 Å². The molecule has 0 atom stereocenters. The maximum atomic E-state index is 4.32. The Hall–Kier alpha value is -1.37. The molecule has 0 spiro atoms. The zero-order valence-electron chi connectivity index (χ0n) is 7.38. The highest BCUT2D eigenvalue weighted by Gasteiger charge is 2.12. The summed E-state index contributed by atoms with van der Waals surface area (Å²) < 4.78 is 0. The highest BCUT2D eigenvalue weighted by molar-refractivity contribution is 6.05. The lowest BCUT2D eigenvalue weighted by Gasteiger charge is -1.97. The molecule has 12 heavy (non-hydrogen) atoms. The smallest absolute Gasteiger partial charge is 0.0649 e. The third-order valence-electron chi connectivity index (χ3n) is 1.83. The van der Waals surface area contributed by atoms with Crippen LogP contribution in [-0.4, -0.2) is 12.3 Å². The Balaban J connectivity index is 2.99. The predicted molar refractivity (Wildman–Crippen MR) is 54.5 cm³/mol. The molecule has 0 aromatic carbocycles. The quantitative estimate of drug-likeness (QED) is 0.587. The Morgan fingerprint density at radius 2 is 1.92 bits per heavy atom. The highest BCUT2D eigenvalue weighted by Crippen LogP contribution is 2.19. The van der Waals surface area contributed by atoms with E-state index >= 15 is 0 Å². The predicted octanol–water partition coefficient (Wildman–Crippen LogP) is 2.69. The van der Waals surface area contributed by atoms with Crippen molar-refractivity contribution in [2.75, 3.05) is 6.54 Å². The van der Waals surface area contributed by atoms with Crippen LogP contribution >= 0.6 is 0 Å². The van der Waals surface area contributed by atoms with E-state index in [4.69, 9.17) is 0 Å². The normalized spacial score (nSPS) is 22.9. The van der Waals surface area contributed by atoms with Gasteiger partial charge in [0.25, 0.3) is 0 Å². The molecule has 62 valence electrons. The summed E-state index contributed by atoms with van der Waals surface area (Å²) in [4.78, 5) is 4.32. The summed E-state index contributed by atoms with van der Waals surface area (Å²) in [7, 11) is 0. The zero-order valence-corrected chi connectivity index (χ0v) is 7.38. The van der Waals surface area contributed by atoms with E-state index in [1.165, 1.54) is 11.1 Å². The molecule has 0 unspecified atom stereocenters. The van der Waals surface area contributed by atoms with Crippen LogP contribution in [0.25, 0.3) is 0 Å². The Bertz CT molecular complexity index is 290. The molecule has 0 amide bonds. The lowest BCUT2D eigenvalue weighted by atomic mass is 10.0. The van der Waals surface area contributed by atoms with Gasteiger partial charge in [-0.3, -0.25) is 4.99 Å². The van der Waals surface area contributed by atoms with Crippen LogP contribution in [0.1, 0.15) is 6.92 Å². The largest absolute Gasteiger partial charge is 0.285 e. The van der Waals surface area contributed by atoms with Gasteiger partial charge in [0.05, 0.1) is 6.54 Å². The highest BCUT2D eigenvalue weighted by atomic mass is 14.8. The van der Waals surface area contributed by atoms with E-state index in [2.05, 4.69) is 18.2 Å². The SMILES string of the molecule is C=C/C=C1/CN=C(C)/C1=C/C=C. The van der Waals surface area contributed by atoms with E-state index in [1.54, 1.807) is 12.2 Å². The molecule has 0 N–H and O–H groups in total. The van der Waals surface area contributed by atoms with Gasteiger partial charge in [-0.2, -0.15) is 0 Å². The van der Waals surface area contributed by atoms with Crippen LogP contribution in [0.15, 0.2) is 53.6 Å². The first-order valence-electron chi connectivity index (χ1n) is 3.95. The first kappa shape index (κ1) is 8.72.